The van der Waals surface area contributed by atoms with Crippen LogP contribution in [0.1, 0.15) is 71.1 Å². The number of carbonyl (C=O) groups excluding carboxylic acids is 2. The summed E-state index contributed by atoms with van der Waals surface area (Å²) in [5.74, 6) is -3.86. The highest BCUT2D eigenvalue weighted by Gasteiger charge is 2.57. The zero-order valence-corrected chi connectivity index (χ0v) is 28.0. The molecule has 1 aromatic carbocycles. The maximum Gasteiger partial charge on any atom is 0.425 e. The number of carboxylic acids is 1. The standard InChI is InChI=1S/C33H32ClF6N3O6S/c1-2-5-25-31(49-22-15-26(50-17-22)33(38,39)40,9-4-11-42(25)28(45)27-23(32(35,36)37)6-3-10-41-27)30(48)43-16-18-7-8-20(34)12-19(18)13-21(43)14-24(44)29(46)47/h3,6-8,10,12,15,17,21,24-25,44H,2,4-5,9,11,13-14,16H2,1H3,(H,46,47)/t21-,24+,25-,31-/m1/s1. The maximum absolute atomic E-state index is 15.1. The van der Waals surface area contributed by atoms with E-state index in [2.05, 4.69) is 4.98 Å². The molecule has 4 atom stereocenters. The van der Waals surface area contributed by atoms with Crippen molar-refractivity contribution in [2.75, 3.05) is 6.54 Å². The zero-order valence-electron chi connectivity index (χ0n) is 26.4. The lowest BCUT2D eigenvalue weighted by Crippen LogP contribution is -2.69. The predicted octanol–water partition coefficient (Wildman–Crippen LogP) is 6.85. The highest BCUT2D eigenvalue weighted by Crippen LogP contribution is 2.44. The van der Waals surface area contributed by atoms with Gasteiger partial charge in [-0.25, -0.2) is 4.79 Å². The number of benzene rings is 1. The lowest BCUT2D eigenvalue weighted by Gasteiger charge is -2.51. The molecule has 1 saturated heterocycles. The first-order valence-corrected chi connectivity index (χ1v) is 16.9. The highest BCUT2D eigenvalue weighted by atomic mass is 35.5. The third-order valence-electron chi connectivity index (χ3n) is 8.96. The number of thiophene rings is 1. The molecule has 0 spiro atoms. The van der Waals surface area contributed by atoms with Gasteiger partial charge in [0.15, 0.2) is 6.10 Å². The number of alkyl halides is 6. The van der Waals surface area contributed by atoms with Crippen LogP contribution in [0.5, 0.6) is 5.75 Å². The van der Waals surface area contributed by atoms with Gasteiger partial charge in [-0.05, 0) is 54.7 Å². The van der Waals surface area contributed by atoms with E-state index in [0.29, 0.717) is 39.6 Å². The molecule has 50 heavy (non-hydrogen) atoms. The zero-order chi connectivity index (χ0) is 36.6. The van der Waals surface area contributed by atoms with Crippen molar-refractivity contribution in [3.05, 3.63) is 80.3 Å². The minimum absolute atomic E-state index is 0.00456. The Balaban J connectivity index is 1.65. The number of fused-ring (bicyclic) bond motifs is 1. The number of likely N-dealkylation sites (tertiary alicyclic amines) is 1. The van der Waals surface area contributed by atoms with Crippen LogP contribution in [-0.4, -0.2) is 73.1 Å². The Hall–Kier alpha value is -3.89. The van der Waals surface area contributed by atoms with Gasteiger partial charge in [-0.3, -0.25) is 14.6 Å². The van der Waals surface area contributed by atoms with Crippen LogP contribution in [0.4, 0.5) is 26.3 Å². The van der Waals surface area contributed by atoms with Crippen LogP contribution in [0.3, 0.4) is 0 Å². The molecule has 0 unspecified atom stereocenters. The van der Waals surface area contributed by atoms with Crippen molar-refractivity contribution in [2.45, 2.75) is 88.1 Å². The van der Waals surface area contributed by atoms with Gasteiger partial charge in [0.05, 0.1) is 11.6 Å². The Kier molecular flexibility index (Phi) is 10.8. The Bertz CT molecular complexity index is 1750. The number of ether oxygens (including phenoxy) is 1. The summed E-state index contributed by atoms with van der Waals surface area (Å²) in [7, 11) is 0. The van der Waals surface area contributed by atoms with Gasteiger partial charge in [0.1, 0.15) is 16.3 Å². The lowest BCUT2D eigenvalue weighted by molar-refractivity contribution is -0.165. The summed E-state index contributed by atoms with van der Waals surface area (Å²) in [5.41, 5.74) is -3.06. The summed E-state index contributed by atoms with van der Waals surface area (Å²) in [6, 6.07) is 5.04. The van der Waals surface area contributed by atoms with E-state index >= 15 is 4.79 Å². The average molecular weight is 748 g/mol. The molecule has 0 saturated carbocycles. The van der Waals surface area contributed by atoms with Crippen LogP contribution < -0.4 is 4.74 Å². The molecule has 17 heteroatoms. The van der Waals surface area contributed by atoms with Crippen LogP contribution in [0.2, 0.25) is 5.02 Å². The van der Waals surface area contributed by atoms with Gasteiger partial charge in [-0.2, -0.15) is 26.3 Å². The number of piperidine rings is 1. The first-order valence-electron chi connectivity index (χ1n) is 15.6. The number of hydrogen-bond donors (Lipinski definition) is 2. The predicted molar refractivity (Wildman–Crippen MR) is 169 cm³/mol. The quantitative estimate of drug-likeness (QED) is 0.230. The van der Waals surface area contributed by atoms with Crippen molar-refractivity contribution in [3.8, 4) is 5.75 Å². The normalized spacial score (nSPS) is 21.8. The molecule has 0 aliphatic carbocycles. The molecule has 270 valence electrons. The number of aliphatic hydroxyl groups excluding tert-OH is 1. The fourth-order valence-electron chi connectivity index (χ4n) is 6.74. The first-order chi connectivity index (χ1) is 23.5. The molecule has 3 aromatic rings. The Labute approximate surface area is 291 Å². The summed E-state index contributed by atoms with van der Waals surface area (Å²) >= 11 is 6.52. The molecule has 2 aromatic heterocycles. The fourth-order valence-corrected chi connectivity index (χ4v) is 7.61. The molecule has 2 aliphatic heterocycles. The average Bonchev–Trinajstić information content (AvgIpc) is 3.53. The topological polar surface area (TPSA) is 120 Å². The molecule has 1 fully saturated rings. The molecule has 2 N–H and O–H groups in total. The molecule has 2 aliphatic rings. The highest BCUT2D eigenvalue weighted by molar-refractivity contribution is 7.10. The molecule has 9 nitrogen and oxygen atoms in total. The van der Waals surface area contributed by atoms with Crippen molar-refractivity contribution in [1.29, 1.82) is 0 Å². The summed E-state index contributed by atoms with van der Waals surface area (Å²) in [6.45, 7) is 1.44. The van der Waals surface area contributed by atoms with E-state index in [0.717, 1.165) is 22.5 Å². The van der Waals surface area contributed by atoms with Crippen LogP contribution in [-0.2, 0) is 34.9 Å². The second kappa shape index (κ2) is 14.4. The third kappa shape index (κ3) is 7.56. The summed E-state index contributed by atoms with van der Waals surface area (Å²) in [6.07, 6.45) is -10.8. The van der Waals surface area contributed by atoms with E-state index in [-0.39, 0.29) is 50.9 Å². The molecule has 0 bridgehead atoms. The smallest absolute Gasteiger partial charge is 0.425 e. The number of carbonyl (C=O) groups is 3. The summed E-state index contributed by atoms with van der Waals surface area (Å²) in [4.78, 5) is 45.9. The number of aromatic nitrogens is 1. The molecule has 4 heterocycles. The minimum Gasteiger partial charge on any atom is -0.479 e. The number of amides is 2. The van der Waals surface area contributed by atoms with Crippen LogP contribution >= 0.6 is 22.9 Å². The molecular weight excluding hydrogens is 716 g/mol. The van der Waals surface area contributed by atoms with Crippen molar-refractivity contribution in [1.82, 2.24) is 14.8 Å². The lowest BCUT2D eigenvalue weighted by atomic mass is 9.78. The number of halogens is 7. The van der Waals surface area contributed by atoms with Crippen molar-refractivity contribution < 1.29 is 55.7 Å². The molecule has 0 radical (unpaired) electrons. The second-order valence-electron chi connectivity index (χ2n) is 12.2. The van der Waals surface area contributed by atoms with E-state index in [9.17, 15) is 46.1 Å². The number of nitrogens with zero attached hydrogens (tertiary/aromatic N) is 3. The van der Waals surface area contributed by atoms with Gasteiger partial charge >= 0.3 is 18.3 Å². The Morgan fingerprint density at radius 3 is 2.48 bits per heavy atom. The van der Waals surface area contributed by atoms with Gasteiger partial charge in [-0.15, -0.1) is 11.3 Å². The Morgan fingerprint density at radius 2 is 1.84 bits per heavy atom. The van der Waals surface area contributed by atoms with E-state index < -0.39 is 76.5 Å². The fraction of sp³-hybridized carbons (Fsp3) is 0.455. The Morgan fingerprint density at radius 1 is 1.10 bits per heavy atom. The van der Waals surface area contributed by atoms with E-state index in [4.69, 9.17) is 16.3 Å². The van der Waals surface area contributed by atoms with Crippen LogP contribution in [0, 0.1) is 0 Å². The van der Waals surface area contributed by atoms with Gasteiger partial charge in [0.2, 0.25) is 5.60 Å². The van der Waals surface area contributed by atoms with Crippen LogP contribution in [0.25, 0.3) is 0 Å². The number of hydrogen-bond acceptors (Lipinski definition) is 7. The first kappa shape index (κ1) is 37.4. The number of rotatable bonds is 9. The maximum atomic E-state index is 15.1. The molecule has 2 amide bonds. The SMILES string of the molecule is CCC[C@H]1N(C(=O)c2ncccc2C(F)(F)F)CCC[C@]1(Oc1csc(C(F)(F)F)c1)C(=O)N1Cc2ccc(Cl)cc2C[C@@H]1C[C@H](O)C(=O)O. The van der Waals surface area contributed by atoms with E-state index in [1.54, 1.807) is 25.1 Å². The van der Waals surface area contributed by atoms with Gasteiger partial charge < -0.3 is 24.7 Å². The molecular formula is C33H32ClF6N3O6S. The molecule has 5 rings (SSSR count). The second-order valence-corrected chi connectivity index (χ2v) is 13.6. The van der Waals surface area contributed by atoms with Gasteiger partial charge in [-0.1, -0.05) is 31.0 Å². The summed E-state index contributed by atoms with van der Waals surface area (Å²) < 4.78 is 89.4. The van der Waals surface area contributed by atoms with Gasteiger partial charge in [0.25, 0.3) is 11.8 Å². The van der Waals surface area contributed by atoms with E-state index in [1.807, 2.05) is 0 Å². The van der Waals surface area contributed by atoms with Crippen molar-refractivity contribution in [2.24, 2.45) is 0 Å². The minimum atomic E-state index is -4.95. The van der Waals surface area contributed by atoms with Crippen molar-refractivity contribution >= 4 is 40.7 Å². The largest absolute Gasteiger partial charge is 0.479 e. The van der Waals surface area contributed by atoms with Crippen molar-refractivity contribution in [3.63, 3.8) is 0 Å². The summed E-state index contributed by atoms with van der Waals surface area (Å²) in [5, 5.41) is 21.3. The number of carboxylic acid groups (broad SMARTS) is 1. The third-order valence-corrected chi connectivity index (χ3v) is 10.2. The van der Waals surface area contributed by atoms with Gasteiger partial charge in [0, 0.05) is 54.6 Å². The number of aliphatic carboxylic acids is 1. The number of aliphatic hydroxyl groups is 1. The van der Waals surface area contributed by atoms with E-state index in [1.165, 1.54) is 4.90 Å². The van der Waals surface area contributed by atoms with Crippen LogP contribution in [0.15, 0.2) is 48.0 Å². The number of pyridine rings is 1. The monoisotopic (exact) mass is 747 g/mol.